The smallest absolute Gasteiger partial charge is 0.488 e. The summed E-state index contributed by atoms with van der Waals surface area (Å²) in [7, 11) is -2.60. The van der Waals surface area contributed by atoms with Gasteiger partial charge in [0.25, 0.3) is 11.5 Å². The number of anilines is 2. The van der Waals surface area contributed by atoms with Gasteiger partial charge in [0.2, 0.25) is 11.9 Å². The number of imidazole rings is 2. The zero-order chi connectivity index (χ0) is 57.3. The molecular formula is C55H55N11O14P2. The van der Waals surface area contributed by atoms with Crippen molar-refractivity contribution >= 4 is 62.8 Å². The molecule has 27 heteroatoms. The van der Waals surface area contributed by atoms with E-state index in [0.717, 1.165) is 16.7 Å². The van der Waals surface area contributed by atoms with Crippen molar-refractivity contribution in [2.24, 2.45) is 5.92 Å². The van der Waals surface area contributed by atoms with Crippen LogP contribution in [0.4, 0.5) is 11.8 Å². The second-order valence-corrected chi connectivity index (χ2v) is 20.9. The van der Waals surface area contributed by atoms with Crippen molar-refractivity contribution in [3.05, 3.63) is 161 Å². The van der Waals surface area contributed by atoms with Gasteiger partial charge in [-0.1, -0.05) is 86.6 Å². The van der Waals surface area contributed by atoms with Gasteiger partial charge in [-0.25, -0.2) is 19.9 Å². The van der Waals surface area contributed by atoms with Crippen molar-refractivity contribution in [3.8, 4) is 17.6 Å². The third kappa shape index (κ3) is 12.6. The molecule has 424 valence electrons. The van der Waals surface area contributed by atoms with E-state index < -0.39 is 82.6 Å². The van der Waals surface area contributed by atoms with E-state index in [-0.39, 0.29) is 62.0 Å². The Hall–Kier alpha value is -7.98. The van der Waals surface area contributed by atoms with Crippen LogP contribution in [0.5, 0.6) is 11.5 Å². The Morgan fingerprint density at radius 1 is 0.817 bits per heavy atom. The number of carbonyl (C=O) groups is 2. The Morgan fingerprint density at radius 3 is 2.13 bits per heavy atom. The summed E-state index contributed by atoms with van der Waals surface area (Å²) in [5, 5.41) is 15.0. The number of nitrogens with zero attached hydrogens (tertiary/aromatic N) is 8. The SMILES string of the molecule is COc1ccc(C(OC[C@H]2O[C@@H](n3cnc4c(NC(=O)c5ccccc5)ncnc43)C[C@H]2OP(OCCC#N)OC[C@@H]2C[C@H](O[P+](=O)[O-])[C@H](n3cnc4c(=O)[nH]c(NC(=O)C(C)C)nc43)O2)(c2ccccc2)c2ccc(OC)cc2)cc1. The standard InChI is InChI=1S/C55H55N11O14P2/c1-33(2)50(67)63-54-62-49-46(52(69)64-54)60-32-66(49)53-42(79-81(70)71)26-40(77-53)28-76-82(75-25-11-24-56)80-41-27-44(65-31-59-45-47(57-30-58-48(45)65)61-51(68)34-12-7-5-8-13-34)78-43(41)29-74-55(35-14-9-6-10-15-35,36-16-20-38(72-3)21-17-36)37-18-22-39(73-4)23-19-37/h5-10,12-23,30-33,40-44,53H,11,25-29H2,1-4H3,(H,57,58,61,68)(H2,62,63,64,67,69)/t40-,41+,42-,43+,44+,53+,82?/m0/s1. The Labute approximate surface area is 470 Å². The molecule has 0 radical (unpaired) electrons. The predicted molar refractivity (Wildman–Crippen MR) is 293 cm³/mol. The first kappa shape index (κ1) is 57.3. The van der Waals surface area contributed by atoms with Crippen molar-refractivity contribution in [1.29, 1.82) is 5.26 Å². The molecule has 8 atom stereocenters. The second kappa shape index (κ2) is 25.9. The van der Waals surface area contributed by atoms with Crippen LogP contribution in [0, 0.1) is 17.2 Å². The molecule has 4 aromatic carbocycles. The summed E-state index contributed by atoms with van der Waals surface area (Å²) >= 11 is 0. The molecule has 0 bridgehead atoms. The fraction of sp³-hybridized carbons (Fsp3) is 0.327. The van der Waals surface area contributed by atoms with Crippen LogP contribution in [0.15, 0.2) is 133 Å². The zero-order valence-corrected chi connectivity index (χ0v) is 46.4. The monoisotopic (exact) mass is 1160 g/mol. The Bertz CT molecular complexity index is 3580. The van der Waals surface area contributed by atoms with Crippen molar-refractivity contribution in [2.75, 3.05) is 44.7 Å². The van der Waals surface area contributed by atoms with Gasteiger partial charge >= 0.3 is 16.9 Å². The van der Waals surface area contributed by atoms with E-state index in [1.165, 1.54) is 23.5 Å². The van der Waals surface area contributed by atoms with Crippen molar-refractivity contribution in [3.63, 3.8) is 0 Å². The van der Waals surface area contributed by atoms with E-state index in [9.17, 15) is 29.1 Å². The van der Waals surface area contributed by atoms with Gasteiger partial charge in [0.05, 0.1) is 71.4 Å². The van der Waals surface area contributed by atoms with E-state index in [1.807, 2.05) is 84.9 Å². The number of amides is 2. The summed E-state index contributed by atoms with van der Waals surface area (Å²) in [4.78, 5) is 75.8. The van der Waals surface area contributed by atoms with Crippen molar-refractivity contribution in [1.82, 2.24) is 39.0 Å². The lowest BCUT2D eigenvalue weighted by molar-refractivity contribution is -0.192. The highest BCUT2D eigenvalue weighted by atomic mass is 31.2. The van der Waals surface area contributed by atoms with Gasteiger partial charge in [-0.2, -0.15) is 10.2 Å². The molecule has 4 aromatic heterocycles. The topological polar surface area (TPSA) is 312 Å². The van der Waals surface area contributed by atoms with Crippen LogP contribution in [0.2, 0.25) is 0 Å². The van der Waals surface area contributed by atoms with Gasteiger partial charge < -0.3 is 47.5 Å². The summed E-state index contributed by atoms with van der Waals surface area (Å²) in [6.45, 7) is 2.88. The minimum absolute atomic E-state index is 0.0147. The fourth-order valence-corrected chi connectivity index (χ4v) is 11.1. The normalized spacial score (nSPS) is 19.5. The first-order valence-corrected chi connectivity index (χ1v) is 28.1. The molecule has 6 heterocycles. The van der Waals surface area contributed by atoms with E-state index in [2.05, 4.69) is 46.6 Å². The number of rotatable bonds is 24. The lowest BCUT2D eigenvalue weighted by Crippen LogP contribution is -2.38. The number of nitrogens with one attached hydrogen (secondary N) is 3. The summed E-state index contributed by atoms with van der Waals surface area (Å²) in [5.74, 6) is 0.0485. The fourth-order valence-electron chi connectivity index (χ4n) is 9.56. The number of nitriles is 1. The van der Waals surface area contributed by atoms with Crippen LogP contribution in [0.1, 0.15) is 72.6 Å². The highest BCUT2D eigenvalue weighted by Gasteiger charge is 2.46. The molecule has 8 aromatic rings. The van der Waals surface area contributed by atoms with E-state index in [1.54, 1.807) is 56.9 Å². The lowest BCUT2D eigenvalue weighted by atomic mass is 9.80. The Morgan fingerprint density at radius 2 is 1.48 bits per heavy atom. The average molecular weight is 1160 g/mol. The zero-order valence-electron chi connectivity index (χ0n) is 44.6. The van der Waals surface area contributed by atoms with Crippen LogP contribution >= 0.6 is 16.9 Å². The molecule has 2 aliphatic heterocycles. The predicted octanol–water partition coefficient (Wildman–Crippen LogP) is 7.37. The quantitative estimate of drug-likeness (QED) is 0.0302. The van der Waals surface area contributed by atoms with Gasteiger partial charge in [-0.15, -0.1) is 4.52 Å². The average Bonchev–Trinajstić information content (AvgIpc) is 4.28. The number of benzene rings is 4. The highest BCUT2D eigenvalue weighted by Crippen LogP contribution is 2.49. The second-order valence-electron chi connectivity index (χ2n) is 19.1. The molecule has 2 saturated heterocycles. The van der Waals surface area contributed by atoms with Crippen LogP contribution in [-0.2, 0) is 47.3 Å². The summed E-state index contributed by atoms with van der Waals surface area (Å²) in [6, 6.07) is 35.6. The van der Waals surface area contributed by atoms with Crippen LogP contribution in [0.3, 0.4) is 0 Å². The molecule has 2 amide bonds. The van der Waals surface area contributed by atoms with Crippen molar-refractivity contribution < 1.29 is 60.8 Å². The summed E-state index contributed by atoms with van der Waals surface area (Å²) < 4.78 is 71.8. The molecule has 0 spiro atoms. The van der Waals surface area contributed by atoms with Gasteiger partial charge in [0.15, 0.2) is 40.5 Å². The number of hydrogen-bond acceptors (Lipinski definition) is 20. The molecular weight excluding hydrogens is 1100 g/mol. The van der Waals surface area contributed by atoms with Crippen LogP contribution in [0.25, 0.3) is 22.3 Å². The van der Waals surface area contributed by atoms with E-state index >= 15 is 0 Å². The molecule has 0 aliphatic carbocycles. The first-order chi connectivity index (χ1) is 39.8. The van der Waals surface area contributed by atoms with E-state index in [4.69, 9.17) is 41.8 Å². The first-order valence-electron chi connectivity index (χ1n) is 25.9. The molecule has 25 nitrogen and oxygen atoms in total. The number of hydrogen-bond donors (Lipinski definition) is 3. The number of methoxy groups -OCH3 is 2. The lowest BCUT2D eigenvalue weighted by Gasteiger charge is -2.37. The molecule has 3 N–H and O–H groups in total. The van der Waals surface area contributed by atoms with Gasteiger partial charge in [-0.3, -0.25) is 33.8 Å². The van der Waals surface area contributed by atoms with E-state index in [0.29, 0.717) is 28.2 Å². The maximum absolute atomic E-state index is 13.3. The minimum atomic E-state index is -3.41. The number of aromatic nitrogens is 8. The maximum atomic E-state index is 13.3. The molecule has 2 unspecified atom stereocenters. The molecule has 0 saturated carbocycles. The minimum Gasteiger partial charge on any atom is -0.566 e. The van der Waals surface area contributed by atoms with Gasteiger partial charge in [0, 0.05) is 24.3 Å². The Kier molecular flexibility index (Phi) is 18.1. The number of fused-ring (bicyclic) bond motifs is 2. The number of H-pyrrole nitrogens is 1. The van der Waals surface area contributed by atoms with Crippen molar-refractivity contribution in [2.45, 2.75) is 75.6 Å². The maximum Gasteiger partial charge on any atom is 0.488 e. The third-order valence-corrected chi connectivity index (χ3v) is 15.2. The summed E-state index contributed by atoms with van der Waals surface area (Å²) in [6.07, 6.45) is -1.64. The Balaban J connectivity index is 0.970. The largest absolute Gasteiger partial charge is 0.566 e. The molecule has 82 heavy (non-hydrogen) atoms. The molecule has 10 rings (SSSR count). The highest BCUT2D eigenvalue weighted by molar-refractivity contribution is 7.41. The van der Waals surface area contributed by atoms with Gasteiger partial charge in [0.1, 0.15) is 35.8 Å². The number of aromatic amines is 1. The third-order valence-electron chi connectivity index (χ3n) is 13.6. The number of carbonyl (C=O) groups excluding carboxylic acids is 2. The van der Waals surface area contributed by atoms with Gasteiger partial charge in [-0.05, 0) is 57.7 Å². The molecule has 2 aliphatic rings. The number of ether oxygens (including phenoxy) is 5. The van der Waals surface area contributed by atoms with Crippen LogP contribution in [-0.4, -0.2) is 109 Å². The molecule has 2 fully saturated rings. The van der Waals surface area contributed by atoms with Crippen LogP contribution < -0.4 is 30.6 Å². The summed E-state index contributed by atoms with van der Waals surface area (Å²) in [5.41, 5.74) is 1.29.